The summed E-state index contributed by atoms with van der Waals surface area (Å²) in [7, 11) is 0. The minimum atomic E-state index is -1.22. The summed E-state index contributed by atoms with van der Waals surface area (Å²) >= 11 is 0. The Kier molecular flexibility index (Phi) is 10.5. The molecule has 1 fully saturated rings. The first-order chi connectivity index (χ1) is 19.8. The molecule has 1 saturated heterocycles. The molecule has 0 saturated carbocycles. The second kappa shape index (κ2) is 14.9. The molecule has 4 aromatic rings. The zero-order valence-electron chi connectivity index (χ0n) is 22.5. The summed E-state index contributed by atoms with van der Waals surface area (Å²) in [5.41, 5.74) is 4.10. The molecule has 5 atom stereocenters. The molecule has 1 aliphatic heterocycles. The normalized spacial score (nSPS) is 22.7. The SMILES string of the molecule is O[C@@H]1O[C@@H](COCc2ccccc2)[C@@H](OCc2ccccc2)[C@H](OCc2ccccc2)[C@H]1OCc1ccccc1. The van der Waals surface area contributed by atoms with E-state index in [4.69, 9.17) is 23.7 Å². The number of aliphatic hydroxyl groups is 1. The molecule has 0 unspecified atom stereocenters. The van der Waals surface area contributed by atoms with Gasteiger partial charge in [-0.25, -0.2) is 0 Å². The van der Waals surface area contributed by atoms with Crippen molar-refractivity contribution in [2.24, 2.45) is 0 Å². The van der Waals surface area contributed by atoms with E-state index in [0.717, 1.165) is 22.3 Å². The number of benzene rings is 4. The van der Waals surface area contributed by atoms with Crippen molar-refractivity contribution in [3.63, 3.8) is 0 Å². The fourth-order valence-electron chi connectivity index (χ4n) is 4.77. The first-order valence-electron chi connectivity index (χ1n) is 13.7. The van der Waals surface area contributed by atoms with E-state index >= 15 is 0 Å². The molecule has 4 aromatic carbocycles. The average Bonchev–Trinajstić information content (AvgIpc) is 3.01. The summed E-state index contributed by atoms with van der Waals surface area (Å²) in [5.74, 6) is 0. The third-order valence-corrected chi connectivity index (χ3v) is 6.86. The largest absolute Gasteiger partial charge is 0.374 e. The first-order valence-corrected chi connectivity index (χ1v) is 13.7. The summed E-state index contributed by atoms with van der Waals surface area (Å²) in [6.07, 6.45) is -3.72. The van der Waals surface area contributed by atoms with E-state index in [0.29, 0.717) is 26.4 Å². The maximum Gasteiger partial charge on any atom is 0.184 e. The second-order valence-corrected chi connectivity index (χ2v) is 9.85. The van der Waals surface area contributed by atoms with Gasteiger partial charge in [0.1, 0.15) is 24.4 Å². The van der Waals surface area contributed by atoms with Crippen molar-refractivity contribution in [1.29, 1.82) is 0 Å². The van der Waals surface area contributed by atoms with Crippen LogP contribution >= 0.6 is 0 Å². The first kappa shape index (κ1) is 28.2. The Morgan fingerprint density at radius 3 is 1.30 bits per heavy atom. The van der Waals surface area contributed by atoms with Crippen LogP contribution in [0.15, 0.2) is 121 Å². The number of ether oxygens (including phenoxy) is 5. The Bertz CT molecular complexity index is 1240. The molecular weight excluding hydrogens is 504 g/mol. The van der Waals surface area contributed by atoms with Crippen LogP contribution in [0, 0.1) is 0 Å². The summed E-state index contributed by atoms with van der Waals surface area (Å²) in [6.45, 7) is 1.65. The highest BCUT2D eigenvalue weighted by atomic mass is 16.7. The smallest absolute Gasteiger partial charge is 0.184 e. The number of aliphatic hydroxyl groups excluding tert-OH is 1. The van der Waals surface area contributed by atoms with E-state index in [1.807, 2.05) is 121 Å². The molecule has 6 nitrogen and oxygen atoms in total. The maximum atomic E-state index is 11.2. The van der Waals surface area contributed by atoms with Crippen molar-refractivity contribution in [1.82, 2.24) is 0 Å². The van der Waals surface area contributed by atoms with Crippen LogP contribution in [0.1, 0.15) is 22.3 Å². The van der Waals surface area contributed by atoms with Gasteiger partial charge in [-0.15, -0.1) is 0 Å². The van der Waals surface area contributed by atoms with Crippen LogP contribution in [0.2, 0.25) is 0 Å². The van der Waals surface area contributed by atoms with Gasteiger partial charge >= 0.3 is 0 Å². The Morgan fingerprint density at radius 1 is 0.475 bits per heavy atom. The van der Waals surface area contributed by atoms with Gasteiger partial charge in [0.25, 0.3) is 0 Å². The van der Waals surface area contributed by atoms with Gasteiger partial charge in [-0.1, -0.05) is 121 Å². The van der Waals surface area contributed by atoms with E-state index in [-0.39, 0.29) is 6.61 Å². The fourth-order valence-corrected chi connectivity index (χ4v) is 4.77. The van der Waals surface area contributed by atoms with Crippen LogP contribution in [0.3, 0.4) is 0 Å². The number of hydrogen-bond donors (Lipinski definition) is 1. The van der Waals surface area contributed by atoms with Gasteiger partial charge in [0.15, 0.2) is 6.29 Å². The van der Waals surface area contributed by atoms with Crippen LogP contribution in [0.4, 0.5) is 0 Å². The van der Waals surface area contributed by atoms with Gasteiger partial charge in [-0.05, 0) is 22.3 Å². The van der Waals surface area contributed by atoms with E-state index in [1.165, 1.54) is 0 Å². The second-order valence-electron chi connectivity index (χ2n) is 9.85. The summed E-state index contributed by atoms with van der Waals surface area (Å²) < 4.78 is 31.4. The molecule has 1 heterocycles. The van der Waals surface area contributed by atoms with Crippen molar-refractivity contribution in [3.8, 4) is 0 Å². The van der Waals surface area contributed by atoms with E-state index in [1.54, 1.807) is 0 Å². The van der Waals surface area contributed by atoms with Crippen LogP contribution in [-0.4, -0.2) is 42.4 Å². The summed E-state index contributed by atoms with van der Waals surface area (Å²) in [5, 5.41) is 11.2. The van der Waals surface area contributed by atoms with Crippen molar-refractivity contribution >= 4 is 0 Å². The maximum absolute atomic E-state index is 11.2. The van der Waals surface area contributed by atoms with E-state index in [2.05, 4.69) is 0 Å². The standard InChI is InChI=1S/C34H36O6/c35-34-33(39-24-29-19-11-4-12-20-29)32(38-23-28-17-9-3-10-18-28)31(37-22-27-15-7-2-8-16-27)30(40-34)25-36-21-26-13-5-1-6-14-26/h1-20,30-35H,21-25H2/t30-,31+,32-,33+,34+/m0/s1. The third kappa shape index (κ3) is 8.08. The Hall–Kier alpha value is -3.36. The van der Waals surface area contributed by atoms with Crippen LogP contribution in [0.5, 0.6) is 0 Å². The number of hydrogen-bond acceptors (Lipinski definition) is 6. The summed E-state index contributed by atoms with van der Waals surface area (Å²) in [4.78, 5) is 0. The van der Waals surface area contributed by atoms with Gasteiger partial charge in [0.05, 0.1) is 33.0 Å². The quantitative estimate of drug-likeness (QED) is 0.236. The molecule has 0 radical (unpaired) electrons. The Morgan fingerprint density at radius 2 is 0.850 bits per heavy atom. The topological polar surface area (TPSA) is 66.4 Å². The van der Waals surface area contributed by atoms with Gasteiger partial charge < -0.3 is 28.8 Å². The van der Waals surface area contributed by atoms with Crippen molar-refractivity contribution in [2.75, 3.05) is 6.61 Å². The fraction of sp³-hybridized carbons (Fsp3) is 0.294. The van der Waals surface area contributed by atoms with Crippen LogP contribution in [-0.2, 0) is 50.1 Å². The average molecular weight is 541 g/mol. The molecule has 6 heteroatoms. The Labute approximate surface area is 236 Å². The highest BCUT2D eigenvalue weighted by Crippen LogP contribution is 2.30. The monoisotopic (exact) mass is 540 g/mol. The third-order valence-electron chi connectivity index (χ3n) is 6.86. The lowest BCUT2D eigenvalue weighted by Gasteiger charge is -2.44. The number of rotatable bonds is 13. The molecule has 1 aliphatic rings. The minimum Gasteiger partial charge on any atom is -0.374 e. The lowest BCUT2D eigenvalue weighted by molar-refractivity contribution is -0.317. The van der Waals surface area contributed by atoms with Crippen molar-refractivity contribution < 1.29 is 28.8 Å². The van der Waals surface area contributed by atoms with E-state index < -0.39 is 30.7 Å². The predicted molar refractivity (Wildman–Crippen MR) is 152 cm³/mol. The van der Waals surface area contributed by atoms with Gasteiger partial charge in [0, 0.05) is 0 Å². The molecule has 208 valence electrons. The molecular formula is C34H36O6. The molecule has 0 aliphatic carbocycles. The highest BCUT2D eigenvalue weighted by molar-refractivity contribution is 5.16. The zero-order chi connectivity index (χ0) is 27.4. The van der Waals surface area contributed by atoms with Crippen molar-refractivity contribution in [3.05, 3.63) is 144 Å². The molecule has 0 aromatic heterocycles. The Balaban J connectivity index is 1.36. The molecule has 40 heavy (non-hydrogen) atoms. The molecule has 5 rings (SSSR count). The molecule has 0 bridgehead atoms. The predicted octanol–water partition coefficient (Wildman–Crippen LogP) is 5.68. The van der Waals surface area contributed by atoms with Crippen LogP contribution < -0.4 is 0 Å². The highest BCUT2D eigenvalue weighted by Gasteiger charge is 2.48. The lowest BCUT2D eigenvalue weighted by atomic mass is 9.98. The van der Waals surface area contributed by atoms with Gasteiger partial charge in [-0.2, -0.15) is 0 Å². The minimum absolute atomic E-state index is 0.224. The lowest BCUT2D eigenvalue weighted by Crippen LogP contribution is -2.61. The molecule has 0 amide bonds. The molecule has 0 spiro atoms. The van der Waals surface area contributed by atoms with Gasteiger partial charge in [-0.3, -0.25) is 0 Å². The summed E-state index contributed by atoms with van der Waals surface area (Å²) in [6, 6.07) is 39.7. The van der Waals surface area contributed by atoms with Crippen molar-refractivity contribution in [2.45, 2.75) is 57.1 Å². The van der Waals surface area contributed by atoms with E-state index in [9.17, 15) is 5.11 Å². The molecule has 1 N–H and O–H groups in total. The zero-order valence-corrected chi connectivity index (χ0v) is 22.5. The van der Waals surface area contributed by atoms with Gasteiger partial charge in [0.2, 0.25) is 0 Å². The van der Waals surface area contributed by atoms with Crippen LogP contribution in [0.25, 0.3) is 0 Å².